The molecule has 0 fully saturated rings. The lowest BCUT2D eigenvalue weighted by Crippen LogP contribution is -2.49. The van der Waals surface area contributed by atoms with E-state index in [1.807, 2.05) is 19.1 Å². The molecule has 1 N–H and O–H groups in total. The number of para-hydroxylation sites is 2. The fraction of sp³-hybridized carbons (Fsp3) is 0.208. The first-order valence-electron chi connectivity index (χ1n) is 10.1. The number of methoxy groups -OCH3 is 1. The van der Waals surface area contributed by atoms with Crippen LogP contribution in [0.2, 0.25) is 0 Å². The maximum absolute atomic E-state index is 13.3. The Bertz CT molecular complexity index is 1230. The van der Waals surface area contributed by atoms with Gasteiger partial charge in [0.25, 0.3) is 5.91 Å². The van der Waals surface area contributed by atoms with E-state index in [-0.39, 0.29) is 12.3 Å². The van der Waals surface area contributed by atoms with E-state index in [1.165, 1.54) is 11.4 Å². The van der Waals surface area contributed by atoms with Gasteiger partial charge in [0, 0.05) is 0 Å². The number of anilines is 2. The smallest absolute Gasteiger partial charge is 0.267 e. The minimum absolute atomic E-state index is 0.133. The first-order valence-corrected chi connectivity index (χ1v) is 11.7. The standard InChI is InChI=1S/C24H24N2O5S/c1-17-12-13-21(30-2)19(14-17)25-24(27)23-15-26(20-10-6-7-11-22(20)31-23)32(28,29)16-18-8-4-3-5-9-18/h3-14,23H,15-16H2,1-2H3,(H,25,27)/t23-/m0/s1. The van der Waals surface area contributed by atoms with Crippen LogP contribution >= 0.6 is 0 Å². The average Bonchev–Trinajstić information content (AvgIpc) is 2.79. The number of amides is 1. The average molecular weight is 453 g/mol. The van der Waals surface area contributed by atoms with Crippen molar-refractivity contribution < 1.29 is 22.7 Å². The summed E-state index contributed by atoms with van der Waals surface area (Å²) < 4.78 is 39.1. The highest BCUT2D eigenvalue weighted by molar-refractivity contribution is 7.92. The number of aryl methyl sites for hydroxylation is 1. The minimum Gasteiger partial charge on any atom is -0.495 e. The third kappa shape index (κ3) is 4.55. The number of carbonyl (C=O) groups excluding carboxylic acids is 1. The van der Waals surface area contributed by atoms with Crippen LogP contribution in [0.15, 0.2) is 72.8 Å². The maximum atomic E-state index is 13.3. The summed E-state index contributed by atoms with van der Waals surface area (Å²) in [6, 6.07) is 21.2. The van der Waals surface area contributed by atoms with Gasteiger partial charge in [0.2, 0.25) is 10.0 Å². The molecule has 3 aromatic rings. The van der Waals surface area contributed by atoms with Gasteiger partial charge in [-0.3, -0.25) is 9.10 Å². The second kappa shape index (κ2) is 8.92. The molecule has 1 aliphatic rings. The lowest BCUT2D eigenvalue weighted by Gasteiger charge is -2.34. The van der Waals surface area contributed by atoms with Crippen LogP contribution in [0.3, 0.4) is 0 Å². The zero-order valence-corrected chi connectivity index (χ0v) is 18.6. The molecule has 0 aromatic heterocycles. The van der Waals surface area contributed by atoms with Gasteiger partial charge >= 0.3 is 0 Å². The number of ether oxygens (including phenoxy) is 2. The second-order valence-corrected chi connectivity index (χ2v) is 9.43. The SMILES string of the molecule is COc1ccc(C)cc1NC(=O)[C@@H]1CN(S(=O)(=O)Cc2ccccc2)c2ccccc2O1. The van der Waals surface area contributed by atoms with Crippen molar-refractivity contribution in [1.82, 2.24) is 0 Å². The van der Waals surface area contributed by atoms with Gasteiger partial charge in [-0.05, 0) is 42.3 Å². The third-order valence-electron chi connectivity index (χ3n) is 5.17. The molecule has 0 aliphatic carbocycles. The summed E-state index contributed by atoms with van der Waals surface area (Å²) in [5.74, 6) is 0.214. The first kappa shape index (κ1) is 21.7. The van der Waals surface area contributed by atoms with Crippen molar-refractivity contribution in [2.45, 2.75) is 18.8 Å². The summed E-state index contributed by atoms with van der Waals surface area (Å²) in [6.07, 6.45) is -1.03. The lowest BCUT2D eigenvalue weighted by molar-refractivity contribution is -0.122. The molecule has 1 heterocycles. The van der Waals surface area contributed by atoms with Crippen LogP contribution in [0.5, 0.6) is 11.5 Å². The van der Waals surface area contributed by atoms with E-state index in [0.717, 1.165) is 5.56 Å². The molecule has 7 nitrogen and oxygen atoms in total. The van der Waals surface area contributed by atoms with Crippen LogP contribution in [0.4, 0.5) is 11.4 Å². The van der Waals surface area contributed by atoms with Crippen molar-refractivity contribution in [3.63, 3.8) is 0 Å². The monoisotopic (exact) mass is 452 g/mol. The predicted octanol–water partition coefficient (Wildman–Crippen LogP) is 3.74. The molecule has 0 spiro atoms. The summed E-state index contributed by atoms with van der Waals surface area (Å²) >= 11 is 0. The quantitative estimate of drug-likeness (QED) is 0.616. The number of rotatable bonds is 6. The van der Waals surface area contributed by atoms with E-state index < -0.39 is 22.0 Å². The number of fused-ring (bicyclic) bond motifs is 1. The molecule has 1 aliphatic heterocycles. The molecular formula is C24H24N2O5S. The van der Waals surface area contributed by atoms with Gasteiger partial charge in [-0.1, -0.05) is 48.5 Å². The first-order chi connectivity index (χ1) is 15.4. The van der Waals surface area contributed by atoms with Crippen molar-refractivity contribution in [2.24, 2.45) is 0 Å². The number of carbonyl (C=O) groups is 1. The Hall–Kier alpha value is -3.52. The molecule has 0 saturated carbocycles. The highest BCUT2D eigenvalue weighted by Gasteiger charge is 2.37. The van der Waals surface area contributed by atoms with Crippen molar-refractivity contribution >= 4 is 27.3 Å². The van der Waals surface area contributed by atoms with Crippen LogP contribution in [0, 0.1) is 6.92 Å². The van der Waals surface area contributed by atoms with Crippen LogP contribution < -0.4 is 19.1 Å². The predicted molar refractivity (Wildman–Crippen MR) is 124 cm³/mol. The lowest BCUT2D eigenvalue weighted by atomic mass is 10.2. The third-order valence-corrected chi connectivity index (χ3v) is 6.88. The molecular weight excluding hydrogens is 428 g/mol. The number of hydrogen-bond donors (Lipinski definition) is 1. The zero-order chi connectivity index (χ0) is 22.7. The van der Waals surface area contributed by atoms with Gasteiger partial charge in [-0.2, -0.15) is 0 Å². The normalized spacial score (nSPS) is 15.4. The van der Waals surface area contributed by atoms with Gasteiger partial charge < -0.3 is 14.8 Å². The molecule has 1 amide bonds. The molecule has 8 heteroatoms. The zero-order valence-electron chi connectivity index (χ0n) is 17.8. The minimum atomic E-state index is -3.76. The summed E-state index contributed by atoms with van der Waals surface area (Å²) in [5.41, 5.74) is 2.53. The number of nitrogens with zero attached hydrogens (tertiary/aromatic N) is 1. The molecule has 166 valence electrons. The fourth-order valence-corrected chi connectivity index (χ4v) is 5.18. The van der Waals surface area contributed by atoms with E-state index in [9.17, 15) is 13.2 Å². The Morgan fingerprint density at radius 1 is 1.09 bits per heavy atom. The van der Waals surface area contributed by atoms with Crippen LogP contribution in [-0.4, -0.2) is 34.1 Å². The van der Waals surface area contributed by atoms with Crippen LogP contribution in [0.25, 0.3) is 0 Å². The van der Waals surface area contributed by atoms with Gasteiger partial charge in [0.05, 0.1) is 30.8 Å². The van der Waals surface area contributed by atoms with Crippen molar-refractivity contribution in [3.8, 4) is 11.5 Å². The molecule has 0 saturated heterocycles. The van der Waals surface area contributed by atoms with E-state index in [4.69, 9.17) is 9.47 Å². The Balaban J connectivity index is 1.62. The summed E-state index contributed by atoms with van der Waals surface area (Å²) in [6.45, 7) is 1.77. The van der Waals surface area contributed by atoms with Gasteiger partial charge in [-0.15, -0.1) is 0 Å². The van der Waals surface area contributed by atoms with E-state index in [0.29, 0.717) is 28.4 Å². The Morgan fingerprint density at radius 3 is 2.56 bits per heavy atom. The fourth-order valence-electron chi connectivity index (χ4n) is 3.60. The van der Waals surface area contributed by atoms with E-state index in [1.54, 1.807) is 60.7 Å². The largest absolute Gasteiger partial charge is 0.495 e. The molecule has 0 bridgehead atoms. The number of hydrogen-bond acceptors (Lipinski definition) is 5. The number of sulfonamides is 1. The summed E-state index contributed by atoms with van der Waals surface area (Å²) in [4.78, 5) is 13.1. The highest BCUT2D eigenvalue weighted by atomic mass is 32.2. The van der Waals surface area contributed by atoms with Crippen molar-refractivity contribution in [1.29, 1.82) is 0 Å². The highest BCUT2D eigenvalue weighted by Crippen LogP contribution is 2.36. The molecule has 0 radical (unpaired) electrons. The number of nitrogens with one attached hydrogen (secondary N) is 1. The Kier molecular flexibility index (Phi) is 6.05. The van der Waals surface area contributed by atoms with Gasteiger partial charge in [0.15, 0.2) is 6.10 Å². The van der Waals surface area contributed by atoms with Crippen molar-refractivity contribution in [3.05, 3.63) is 83.9 Å². The van der Waals surface area contributed by atoms with Gasteiger partial charge in [0.1, 0.15) is 11.5 Å². The Labute approximate surface area is 187 Å². The molecule has 4 rings (SSSR count). The van der Waals surface area contributed by atoms with Gasteiger partial charge in [-0.25, -0.2) is 8.42 Å². The maximum Gasteiger partial charge on any atom is 0.267 e. The molecule has 3 aromatic carbocycles. The second-order valence-electron chi connectivity index (χ2n) is 7.54. The topological polar surface area (TPSA) is 84.9 Å². The molecule has 1 atom stereocenters. The van der Waals surface area contributed by atoms with Crippen LogP contribution in [-0.2, 0) is 20.6 Å². The summed E-state index contributed by atoms with van der Waals surface area (Å²) in [5, 5.41) is 2.81. The summed E-state index contributed by atoms with van der Waals surface area (Å²) in [7, 11) is -2.24. The van der Waals surface area contributed by atoms with E-state index >= 15 is 0 Å². The van der Waals surface area contributed by atoms with Crippen molar-refractivity contribution in [2.75, 3.05) is 23.3 Å². The molecule has 32 heavy (non-hydrogen) atoms. The number of benzene rings is 3. The Morgan fingerprint density at radius 2 is 1.81 bits per heavy atom. The van der Waals surface area contributed by atoms with E-state index in [2.05, 4.69) is 5.32 Å². The molecule has 0 unspecified atom stereocenters. The van der Waals surface area contributed by atoms with Crippen LogP contribution in [0.1, 0.15) is 11.1 Å².